The molecule has 17 heavy (non-hydrogen) atoms. The highest BCUT2D eigenvalue weighted by molar-refractivity contribution is 5.38. The van der Waals surface area contributed by atoms with Crippen molar-refractivity contribution in [2.45, 2.75) is 45.1 Å². The molecule has 1 aromatic rings. The van der Waals surface area contributed by atoms with E-state index in [4.69, 9.17) is 10.5 Å². The first-order chi connectivity index (χ1) is 8.00. The van der Waals surface area contributed by atoms with Crippen molar-refractivity contribution in [1.82, 2.24) is 0 Å². The van der Waals surface area contributed by atoms with Crippen LogP contribution in [0.25, 0.3) is 0 Å². The summed E-state index contributed by atoms with van der Waals surface area (Å²) >= 11 is 0. The fourth-order valence-corrected chi connectivity index (χ4v) is 2.39. The molecule has 1 aliphatic heterocycles. The molecule has 2 atom stereocenters. The predicted octanol–water partition coefficient (Wildman–Crippen LogP) is 3.32. The monoisotopic (exact) mass is 233 g/mol. The van der Waals surface area contributed by atoms with Crippen molar-refractivity contribution in [3.63, 3.8) is 0 Å². The van der Waals surface area contributed by atoms with Crippen LogP contribution in [0, 0.1) is 5.92 Å². The molecule has 1 aromatic carbocycles. The highest BCUT2D eigenvalue weighted by Crippen LogP contribution is 2.39. The molecule has 1 heterocycles. The minimum Gasteiger partial charge on any atom is -0.493 e. The Balaban J connectivity index is 2.19. The molecule has 0 spiro atoms. The van der Waals surface area contributed by atoms with Gasteiger partial charge in [0.2, 0.25) is 0 Å². The van der Waals surface area contributed by atoms with E-state index in [2.05, 4.69) is 39.0 Å². The van der Waals surface area contributed by atoms with Gasteiger partial charge in [0.25, 0.3) is 0 Å². The molecule has 0 radical (unpaired) electrons. The van der Waals surface area contributed by atoms with E-state index in [0.717, 1.165) is 25.2 Å². The number of fused-ring (bicyclic) bond motifs is 1. The second-order valence-corrected chi connectivity index (χ2v) is 5.74. The van der Waals surface area contributed by atoms with Crippen molar-refractivity contribution in [3.05, 3.63) is 29.8 Å². The van der Waals surface area contributed by atoms with E-state index in [1.807, 2.05) is 6.07 Å². The average Bonchev–Trinajstić information content (AvgIpc) is 2.29. The Bertz CT molecular complexity index is 384. The molecule has 0 bridgehead atoms. The fourth-order valence-electron chi connectivity index (χ4n) is 2.39. The molecule has 0 amide bonds. The number of hydrogen-bond acceptors (Lipinski definition) is 2. The van der Waals surface area contributed by atoms with Crippen LogP contribution in [0.2, 0.25) is 0 Å². The molecule has 0 saturated carbocycles. The largest absolute Gasteiger partial charge is 0.493 e. The molecular formula is C15H23NO. The SMILES string of the molecule is CC(C)C(C)(N)CC1CCOc2ccccc21. The molecule has 2 unspecified atom stereocenters. The van der Waals surface area contributed by atoms with Crippen LogP contribution >= 0.6 is 0 Å². The van der Waals surface area contributed by atoms with Crippen LogP contribution in [0.5, 0.6) is 5.75 Å². The van der Waals surface area contributed by atoms with Crippen molar-refractivity contribution < 1.29 is 4.74 Å². The molecule has 94 valence electrons. The lowest BCUT2D eigenvalue weighted by atomic mass is 9.77. The third kappa shape index (κ3) is 2.63. The van der Waals surface area contributed by atoms with E-state index in [0.29, 0.717) is 11.8 Å². The van der Waals surface area contributed by atoms with Crippen LogP contribution in [-0.4, -0.2) is 12.1 Å². The zero-order valence-corrected chi connectivity index (χ0v) is 11.1. The van der Waals surface area contributed by atoms with Crippen molar-refractivity contribution in [1.29, 1.82) is 0 Å². The van der Waals surface area contributed by atoms with Crippen LogP contribution in [0.4, 0.5) is 0 Å². The molecule has 0 saturated heterocycles. The van der Waals surface area contributed by atoms with Gasteiger partial charge in [-0.05, 0) is 43.2 Å². The van der Waals surface area contributed by atoms with E-state index < -0.39 is 0 Å². The Morgan fingerprint density at radius 3 is 2.82 bits per heavy atom. The lowest BCUT2D eigenvalue weighted by Gasteiger charge is -2.35. The Morgan fingerprint density at radius 2 is 2.12 bits per heavy atom. The summed E-state index contributed by atoms with van der Waals surface area (Å²) in [5.74, 6) is 2.08. The summed E-state index contributed by atoms with van der Waals surface area (Å²) in [7, 11) is 0. The summed E-state index contributed by atoms with van der Waals surface area (Å²) in [5.41, 5.74) is 7.63. The van der Waals surface area contributed by atoms with Crippen molar-refractivity contribution in [2.75, 3.05) is 6.61 Å². The Labute approximate surface area is 104 Å². The van der Waals surface area contributed by atoms with Crippen LogP contribution in [0.15, 0.2) is 24.3 Å². The number of nitrogens with two attached hydrogens (primary N) is 1. The van der Waals surface area contributed by atoms with E-state index in [1.165, 1.54) is 5.56 Å². The standard InChI is InChI=1S/C15H23NO/c1-11(2)15(3,16)10-12-8-9-17-14-7-5-4-6-13(12)14/h4-7,11-12H,8-10,16H2,1-3H3. The summed E-state index contributed by atoms with van der Waals surface area (Å²) < 4.78 is 5.69. The van der Waals surface area contributed by atoms with Gasteiger partial charge in [-0.2, -0.15) is 0 Å². The summed E-state index contributed by atoms with van der Waals surface area (Å²) in [4.78, 5) is 0. The van der Waals surface area contributed by atoms with Gasteiger partial charge in [0, 0.05) is 5.54 Å². The number of ether oxygens (including phenoxy) is 1. The third-order valence-corrected chi connectivity index (χ3v) is 4.09. The minimum atomic E-state index is -0.102. The molecule has 1 aliphatic rings. The topological polar surface area (TPSA) is 35.2 Å². The molecule has 0 aliphatic carbocycles. The van der Waals surface area contributed by atoms with E-state index in [1.54, 1.807) is 0 Å². The van der Waals surface area contributed by atoms with Crippen LogP contribution in [0.1, 0.15) is 45.1 Å². The van der Waals surface area contributed by atoms with Gasteiger partial charge in [0.05, 0.1) is 6.61 Å². The maximum Gasteiger partial charge on any atom is 0.122 e. The van der Waals surface area contributed by atoms with Gasteiger partial charge in [-0.25, -0.2) is 0 Å². The maximum absolute atomic E-state index is 6.41. The number of benzene rings is 1. The van der Waals surface area contributed by atoms with Gasteiger partial charge >= 0.3 is 0 Å². The van der Waals surface area contributed by atoms with Gasteiger partial charge in [-0.3, -0.25) is 0 Å². The minimum absolute atomic E-state index is 0.102. The fraction of sp³-hybridized carbons (Fsp3) is 0.600. The van der Waals surface area contributed by atoms with Gasteiger partial charge in [0.1, 0.15) is 5.75 Å². The molecule has 2 N–H and O–H groups in total. The summed E-state index contributed by atoms with van der Waals surface area (Å²) in [6, 6.07) is 8.36. The Hall–Kier alpha value is -1.02. The van der Waals surface area contributed by atoms with E-state index in [9.17, 15) is 0 Å². The van der Waals surface area contributed by atoms with E-state index >= 15 is 0 Å². The Morgan fingerprint density at radius 1 is 1.41 bits per heavy atom. The maximum atomic E-state index is 6.41. The van der Waals surface area contributed by atoms with Gasteiger partial charge in [-0.1, -0.05) is 32.0 Å². The normalized spacial score (nSPS) is 22.8. The van der Waals surface area contributed by atoms with Crippen molar-refractivity contribution in [2.24, 2.45) is 11.7 Å². The highest BCUT2D eigenvalue weighted by atomic mass is 16.5. The van der Waals surface area contributed by atoms with Crippen LogP contribution in [-0.2, 0) is 0 Å². The first-order valence-electron chi connectivity index (χ1n) is 6.51. The van der Waals surface area contributed by atoms with Gasteiger partial charge < -0.3 is 10.5 Å². The summed E-state index contributed by atoms with van der Waals surface area (Å²) in [6.45, 7) is 7.38. The number of hydrogen-bond donors (Lipinski definition) is 1. The smallest absolute Gasteiger partial charge is 0.122 e. The summed E-state index contributed by atoms with van der Waals surface area (Å²) in [5, 5.41) is 0. The molecular weight excluding hydrogens is 210 g/mol. The molecule has 2 rings (SSSR count). The lowest BCUT2D eigenvalue weighted by Crippen LogP contribution is -2.43. The van der Waals surface area contributed by atoms with Gasteiger partial charge in [0.15, 0.2) is 0 Å². The number of para-hydroxylation sites is 1. The third-order valence-electron chi connectivity index (χ3n) is 4.09. The molecule has 2 nitrogen and oxygen atoms in total. The second-order valence-electron chi connectivity index (χ2n) is 5.74. The Kier molecular flexibility index (Phi) is 3.43. The summed E-state index contributed by atoms with van der Waals surface area (Å²) in [6.07, 6.45) is 2.11. The van der Waals surface area contributed by atoms with Crippen LogP contribution in [0.3, 0.4) is 0 Å². The first-order valence-corrected chi connectivity index (χ1v) is 6.51. The predicted molar refractivity (Wildman–Crippen MR) is 71.3 cm³/mol. The number of rotatable bonds is 3. The van der Waals surface area contributed by atoms with Crippen LogP contribution < -0.4 is 10.5 Å². The quantitative estimate of drug-likeness (QED) is 0.869. The average molecular weight is 233 g/mol. The highest BCUT2D eigenvalue weighted by Gasteiger charge is 2.30. The van der Waals surface area contributed by atoms with E-state index in [-0.39, 0.29) is 5.54 Å². The van der Waals surface area contributed by atoms with Gasteiger partial charge in [-0.15, -0.1) is 0 Å². The first kappa shape index (κ1) is 12.4. The molecule has 0 aromatic heterocycles. The zero-order valence-electron chi connectivity index (χ0n) is 11.1. The molecule has 0 fully saturated rings. The van der Waals surface area contributed by atoms with Crippen molar-refractivity contribution in [3.8, 4) is 5.75 Å². The zero-order chi connectivity index (χ0) is 12.5. The lowest BCUT2D eigenvalue weighted by molar-refractivity contribution is 0.227. The second kappa shape index (κ2) is 4.69. The molecule has 2 heteroatoms. The van der Waals surface area contributed by atoms with Crippen molar-refractivity contribution >= 4 is 0 Å².